The molecule has 9 fully saturated rings. The molecule has 0 radical (unpaired) electrons. The van der Waals surface area contributed by atoms with Crippen molar-refractivity contribution in [1.29, 1.82) is 0 Å². The largest absolute Gasteiger partial charge is 0.394 e. The van der Waals surface area contributed by atoms with Gasteiger partial charge in [0.2, 0.25) is 0 Å². The normalized spacial score (nSPS) is 53.0. The van der Waals surface area contributed by atoms with Crippen molar-refractivity contribution in [2.75, 3.05) is 33.0 Å². The lowest BCUT2D eigenvalue weighted by molar-refractivity contribution is -0.378. The van der Waals surface area contributed by atoms with Gasteiger partial charge < -0.3 is 129 Å². The molecule has 4 saturated carbocycles. The van der Waals surface area contributed by atoms with Gasteiger partial charge in [0.15, 0.2) is 31.5 Å². The van der Waals surface area contributed by atoms with Crippen LogP contribution < -0.4 is 0 Å². The molecule has 0 bridgehead atoms. The van der Waals surface area contributed by atoms with Gasteiger partial charge in [-0.15, -0.1) is 0 Å². The van der Waals surface area contributed by atoms with Crippen molar-refractivity contribution < 1.29 is 129 Å². The molecule has 33 atom stereocenters. The van der Waals surface area contributed by atoms with Crippen molar-refractivity contribution in [3.8, 4) is 0 Å². The van der Waals surface area contributed by atoms with Crippen LogP contribution in [0.25, 0.3) is 0 Å². The number of aliphatic hydroxyl groups is 16. The van der Waals surface area contributed by atoms with Gasteiger partial charge in [-0.1, -0.05) is 46.3 Å². The molecule has 0 spiro atoms. The fourth-order valence-corrected chi connectivity index (χ4v) is 17.2. The number of hydrogen-bond acceptors (Lipinski definition) is 26. The molecule has 4 aliphatic carbocycles. The van der Waals surface area contributed by atoms with Gasteiger partial charge in [0.25, 0.3) is 0 Å². The Balaban J connectivity index is 0.895. The molecule has 9 aliphatic rings. The highest BCUT2D eigenvalue weighted by molar-refractivity contribution is 5.21. The Kier molecular flexibility index (Phi) is 20.6. The summed E-state index contributed by atoms with van der Waals surface area (Å²) >= 11 is 0. The van der Waals surface area contributed by atoms with Crippen LogP contribution in [0.1, 0.15) is 113 Å². The Labute approximate surface area is 490 Å². The van der Waals surface area contributed by atoms with Crippen LogP contribution >= 0.6 is 0 Å². The smallest absolute Gasteiger partial charge is 0.187 e. The topological polar surface area (TPSA) is 416 Å². The SMILES string of the molecule is CC(C)=CCC[C@](C)(O[C@@H]1O[C@H](CO[C@H]2OC[C@H](O[C@@H]3OC[C@@H](O)[C@H](O)[C@H]3O)[C@H](O)[C@H]2O)[C@@H](O)[C@H](O)[C@H]1O)[C@H]1CC[C@]2(C)[C@@H]1[C@H](O)C[C@@H]1[C@@]3(C)CC[C@H](O[C@@H]4O[C@H](CO)[C@@H](O)[C@H](O)[C@H]4O[C@@H]4O[C@H](CO)[C@@H](O)[C@H](O)[C@H]4O)C(C)(C)[C@@H]3CC[C@]12C. The summed E-state index contributed by atoms with van der Waals surface area (Å²) in [5, 5.41) is 174. The second-order valence-corrected chi connectivity index (χ2v) is 27.7. The molecule has 0 aromatic carbocycles. The number of allylic oxidation sites excluding steroid dienone is 2. The van der Waals surface area contributed by atoms with E-state index in [9.17, 15) is 81.7 Å². The zero-order valence-electron chi connectivity index (χ0n) is 49.5. The first kappa shape index (κ1) is 67.1. The predicted octanol–water partition coefficient (Wildman–Crippen LogP) is -3.10. The third-order valence-corrected chi connectivity index (χ3v) is 22.2. The summed E-state index contributed by atoms with van der Waals surface area (Å²) in [6.45, 7) is 14.5. The highest BCUT2D eigenvalue weighted by Crippen LogP contribution is 2.76. The highest BCUT2D eigenvalue weighted by Gasteiger charge is 2.72. The molecule has 0 aromatic rings. The van der Waals surface area contributed by atoms with E-state index in [1.54, 1.807) is 0 Å². The molecule has 84 heavy (non-hydrogen) atoms. The Hall–Kier alpha value is -1.30. The zero-order valence-corrected chi connectivity index (χ0v) is 49.5. The molecule has 5 saturated heterocycles. The number of hydrogen-bond donors (Lipinski definition) is 16. The Morgan fingerprint density at radius 2 is 1.11 bits per heavy atom. The molecule has 5 aliphatic heterocycles. The van der Waals surface area contributed by atoms with Gasteiger partial charge >= 0.3 is 0 Å². The molecular weight excluding hydrogens is 1110 g/mol. The Bertz CT molecular complexity index is 2210. The van der Waals surface area contributed by atoms with Crippen molar-refractivity contribution >= 4 is 0 Å². The molecule has 486 valence electrons. The summed E-state index contributed by atoms with van der Waals surface area (Å²) in [5.41, 5.74) is -1.68. The van der Waals surface area contributed by atoms with E-state index >= 15 is 0 Å². The fraction of sp³-hybridized carbons (Fsp3) is 0.966. The average Bonchev–Trinajstić information content (AvgIpc) is 1.25. The van der Waals surface area contributed by atoms with E-state index in [-0.39, 0.29) is 47.7 Å². The van der Waals surface area contributed by atoms with Crippen molar-refractivity contribution in [1.82, 2.24) is 0 Å². The first-order valence-corrected chi connectivity index (χ1v) is 30.2. The van der Waals surface area contributed by atoms with Crippen LogP contribution in [0.2, 0.25) is 0 Å². The van der Waals surface area contributed by atoms with E-state index in [0.717, 1.165) is 24.8 Å². The summed E-state index contributed by atoms with van der Waals surface area (Å²) in [6, 6.07) is 0. The number of ether oxygens (including phenoxy) is 10. The minimum Gasteiger partial charge on any atom is -0.394 e. The Morgan fingerprint density at radius 1 is 0.536 bits per heavy atom. The lowest BCUT2D eigenvalue weighted by Gasteiger charge is -2.71. The van der Waals surface area contributed by atoms with Gasteiger partial charge in [-0.25, -0.2) is 0 Å². The van der Waals surface area contributed by atoms with Crippen molar-refractivity contribution in [3.63, 3.8) is 0 Å². The maximum atomic E-state index is 12.9. The van der Waals surface area contributed by atoms with Gasteiger partial charge in [-0.3, -0.25) is 0 Å². The molecule has 16 N–H and O–H groups in total. The van der Waals surface area contributed by atoms with E-state index < -0.39 is 190 Å². The maximum Gasteiger partial charge on any atom is 0.187 e. The third kappa shape index (κ3) is 12.0. The molecule has 26 nitrogen and oxygen atoms in total. The maximum absolute atomic E-state index is 12.9. The van der Waals surface area contributed by atoms with Crippen LogP contribution in [0.4, 0.5) is 0 Å². The van der Waals surface area contributed by atoms with Gasteiger partial charge in [-0.05, 0) is 124 Å². The van der Waals surface area contributed by atoms with Crippen LogP contribution in [0.5, 0.6) is 0 Å². The standard InChI is InChI=1S/C58H98O26/c1-24(2)10-9-14-58(8,84-52-47(74)42(69)39(66)30(81-52)22-76-49-45(72)40(67)31(23-77-49)80-50-44(71)36(63)27(62)21-75-50)25-11-16-57(7)35(25)26(61)18-33-55(5)15-13-34(54(3,4)32(55)12-17-56(33,57)6)82-53-48(43(70)38(65)29(20-60)79-53)83-51-46(73)41(68)37(64)28(19-59)78-51/h10,25-53,59-74H,9,11-23H2,1-8H3/t25-,26+,27+,28+,29+,30+,31-,32-,33+,34-,35-,36-,37+,38+,39+,40-,41-,42-,43-,44+,45+,46+,47+,48+,49-,50-,51-,52-,53-,55-,56+,57+,58-/m0/s1. The summed E-state index contributed by atoms with van der Waals surface area (Å²) < 4.78 is 60.3. The van der Waals surface area contributed by atoms with E-state index in [4.69, 9.17) is 47.4 Å². The van der Waals surface area contributed by atoms with Gasteiger partial charge in [-0.2, -0.15) is 0 Å². The molecule has 5 heterocycles. The van der Waals surface area contributed by atoms with Crippen LogP contribution in [0.3, 0.4) is 0 Å². The first-order valence-electron chi connectivity index (χ1n) is 30.2. The zero-order chi connectivity index (χ0) is 61.5. The summed E-state index contributed by atoms with van der Waals surface area (Å²) in [7, 11) is 0. The quantitative estimate of drug-likeness (QED) is 0.0507. The van der Waals surface area contributed by atoms with Crippen LogP contribution in [-0.2, 0) is 47.4 Å². The van der Waals surface area contributed by atoms with Gasteiger partial charge in [0.1, 0.15) is 110 Å². The molecule has 0 unspecified atom stereocenters. The van der Waals surface area contributed by atoms with Crippen molar-refractivity contribution in [2.24, 2.45) is 45.3 Å². The minimum absolute atomic E-state index is 0.0238. The van der Waals surface area contributed by atoms with Crippen molar-refractivity contribution in [3.05, 3.63) is 11.6 Å². The summed E-state index contributed by atoms with van der Waals surface area (Å²) in [4.78, 5) is 0. The van der Waals surface area contributed by atoms with E-state index in [0.29, 0.717) is 38.5 Å². The van der Waals surface area contributed by atoms with E-state index in [1.807, 2.05) is 20.8 Å². The monoisotopic (exact) mass is 1210 g/mol. The molecule has 9 rings (SSSR count). The number of rotatable bonds is 17. The first-order chi connectivity index (χ1) is 39.4. The van der Waals surface area contributed by atoms with Crippen molar-refractivity contribution in [2.45, 2.75) is 272 Å². The number of aliphatic hydroxyl groups excluding tert-OH is 16. The highest BCUT2D eigenvalue weighted by atomic mass is 16.8. The predicted molar refractivity (Wildman–Crippen MR) is 287 cm³/mol. The third-order valence-electron chi connectivity index (χ3n) is 22.2. The van der Waals surface area contributed by atoms with E-state index in [1.165, 1.54) is 0 Å². The lowest BCUT2D eigenvalue weighted by Crippen LogP contribution is -2.68. The van der Waals surface area contributed by atoms with Crippen LogP contribution in [0.15, 0.2) is 11.6 Å². The fourth-order valence-electron chi connectivity index (χ4n) is 17.2. The molecular formula is C58H98O26. The van der Waals surface area contributed by atoms with Crippen LogP contribution in [0, 0.1) is 45.3 Å². The minimum atomic E-state index is -1.82. The summed E-state index contributed by atoms with van der Waals surface area (Å²) in [5.74, 6) is -0.533. The van der Waals surface area contributed by atoms with Crippen LogP contribution in [-0.4, -0.2) is 274 Å². The lowest BCUT2D eigenvalue weighted by atomic mass is 9.35. The second-order valence-electron chi connectivity index (χ2n) is 27.7. The molecule has 26 heteroatoms. The molecule has 0 aromatic heterocycles. The van der Waals surface area contributed by atoms with E-state index in [2.05, 4.69) is 40.7 Å². The molecule has 0 amide bonds. The van der Waals surface area contributed by atoms with Gasteiger partial charge in [0.05, 0.1) is 50.8 Å². The summed E-state index contributed by atoms with van der Waals surface area (Å²) in [6.07, 6.45) is -29.8. The second kappa shape index (κ2) is 25.8. The number of fused-ring (bicyclic) bond motifs is 5. The Morgan fingerprint density at radius 3 is 1.76 bits per heavy atom. The van der Waals surface area contributed by atoms with Gasteiger partial charge in [0, 0.05) is 0 Å². The average molecular weight is 1210 g/mol.